The average Bonchev–Trinajstić information content (AvgIpc) is 2.93. The maximum atomic E-state index is 11.5. The molecular weight excluding hydrogens is 528 g/mol. The fraction of sp³-hybridized carbons (Fsp3) is 0.562. The highest BCUT2D eigenvalue weighted by atomic mass is 127. The lowest BCUT2D eigenvalue weighted by atomic mass is 10.3. The molecule has 0 aromatic heterocycles. The van der Waals surface area contributed by atoms with Crippen molar-refractivity contribution in [2.75, 3.05) is 31.2 Å². The summed E-state index contributed by atoms with van der Waals surface area (Å²) in [5.74, 6) is 1.13. The Morgan fingerprint density at radius 2 is 2.19 bits per heavy atom. The third kappa shape index (κ3) is 8.18. The van der Waals surface area contributed by atoms with Crippen molar-refractivity contribution in [3.05, 3.63) is 28.2 Å². The number of aliphatic hydroxyl groups is 1. The normalized spacial score (nSPS) is 19.9. The molecule has 2 atom stereocenters. The zero-order chi connectivity index (χ0) is 19.2. The van der Waals surface area contributed by atoms with Gasteiger partial charge in [-0.05, 0) is 25.5 Å². The predicted octanol–water partition coefficient (Wildman–Crippen LogP) is 2.09. The zero-order valence-corrected chi connectivity index (χ0v) is 19.5. The van der Waals surface area contributed by atoms with Crippen LogP contribution in [-0.2, 0) is 9.84 Å². The summed E-state index contributed by atoms with van der Waals surface area (Å²) in [6, 6.07) is 4.85. The highest BCUT2D eigenvalue weighted by molar-refractivity contribution is 14.0. The van der Waals surface area contributed by atoms with Crippen LogP contribution >= 0.6 is 47.2 Å². The summed E-state index contributed by atoms with van der Waals surface area (Å²) < 4.78 is 28.6. The third-order valence-corrected chi connectivity index (χ3v) is 6.29. The zero-order valence-electron chi connectivity index (χ0n) is 14.8. The van der Waals surface area contributed by atoms with E-state index >= 15 is 0 Å². The molecular formula is C16H24Cl2IN3O4S. The second-order valence-corrected chi connectivity index (χ2v) is 8.99. The molecule has 1 aromatic rings. The van der Waals surface area contributed by atoms with Crippen LogP contribution in [-0.4, -0.2) is 62.8 Å². The molecule has 11 heteroatoms. The van der Waals surface area contributed by atoms with E-state index in [1.165, 1.54) is 0 Å². The number of hydrogen-bond acceptors (Lipinski definition) is 5. The molecule has 0 radical (unpaired) electrons. The number of halogens is 3. The van der Waals surface area contributed by atoms with Gasteiger partial charge in [0.25, 0.3) is 0 Å². The minimum Gasteiger partial charge on any atom is -0.489 e. The first-order valence-electron chi connectivity index (χ1n) is 8.31. The number of sulfone groups is 1. The van der Waals surface area contributed by atoms with Gasteiger partial charge in [-0.3, -0.25) is 4.99 Å². The fourth-order valence-corrected chi connectivity index (χ4v) is 4.47. The van der Waals surface area contributed by atoms with E-state index in [1.807, 2.05) is 6.92 Å². The Morgan fingerprint density at radius 3 is 2.81 bits per heavy atom. The van der Waals surface area contributed by atoms with E-state index in [2.05, 4.69) is 15.6 Å². The van der Waals surface area contributed by atoms with Gasteiger partial charge < -0.3 is 20.5 Å². The molecule has 0 spiro atoms. The van der Waals surface area contributed by atoms with Crippen LogP contribution < -0.4 is 15.4 Å². The first-order chi connectivity index (χ1) is 12.3. The van der Waals surface area contributed by atoms with Crippen molar-refractivity contribution < 1.29 is 18.3 Å². The molecule has 0 amide bonds. The summed E-state index contributed by atoms with van der Waals surface area (Å²) in [6.07, 6.45) is -0.307. The quantitative estimate of drug-likeness (QED) is 0.273. The van der Waals surface area contributed by atoms with E-state index in [0.29, 0.717) is 34.7 Å². The molecule has 2 unspecified atom stereocenters. The molecule has 0 saturated carbocycles. The number of nitrogens with one attached hydrogen (secondary N) is 2. The Bertz CT molecular complexity index is 749. The van der Waals surface area contributed by atoms with Gasteiger partial charge in [-0.2, -0.15) is 0 Å². The molecule has 1 saturated heterocycles. The van der Waals surface area contributed by atoms with E-state index in [-0.39, 0.29) is 54.7 Å². The van der Waals surface area contributed by atoms with E-state index in [4.69, 9.17) is 27.9 Å². The van der Waals surface area contributed by atoms with Crippen LogP contribution in [0.1, 0.15) is 13.3 Å². The molecule has 0 aliphatic carbocycles. The van der Waals surface area contributed by atoms with Crippen molar-refractivity contribution >= 4 is 63.0 Å². The van der Waals surface area contributed by atoms with Gasteiger partial charge in [-0.15, -0.1) is 24.0 Å². The summed E-state index contributed by atoms with van der Waals surface area (Å²) in [6.45, 7) is 2.62. The number of guanidine groups is 1. The summed E-state index contributed by atoms with van der Waals surface area (Å²) in [5, 5.41) is 16.9. The van der Waals surface area contributed by atoms with Crippen molar-refractivity contribution in [1.29, 1.82) is 0 Å². The number of nitrogens with zero attached hydrogens (tertiary/aromatic N) is 1. The lowest BCUT2D eigenvalue weighted by molar-refractivity contribution is 0.114. The minimum atomic E-state index is -2.97. The Kier molecular flexibility index (Phi) is 10.5. The van der Waals surface area contributed by atoms with E-state index in [0.717, 1.165) is 0 Å². The fourth-order valence-electron chi connectivity index (χ4n) is 2.45. The SMILES string of the molecule is CCNC(=NCC(O)COc1cccc(Cl)c1Cl)NC1CCS(=O)(=O)C1.I. The number of rotatable bonds is 7. The maximum Gasteiger partial charge on any atom is 0.191 e. The molecule has 2 rings (SSSR count). The Labute approximate surface area is 186 Å². The van der Waals surface area contributed by atoms with Gasteiger partial charge in [-0.1, -0.05) is 29.3 Å². The van der Waals surface area contributed by atoms with Gasteiger partial charge in [0.15, 0.2) is 15.8 Å². The van der Waals surface area contributed by atoms with Crippen molar-refractivity contribution in [2.24, 2.45) is 4.99 Å². The monoisotopic (exact) mass is 551 g/mol. The third-order valence-electron chi connectivity index (χ3n) is 3.73. The first kappa shape index (κ1) is 24.5. The smallest absolute Gasteiger partial charge is 0.191 e. The largest absolute Gasteiger partial charge is 0.489 e. The van der Waals surface area contributed by atoms with Gasteiger partial charge in [0, 0.05) is 12.6 Å². The van der Waals surface area contributed by atoms with E-state index < -0.39 is 15.9 Å². The summed E-state index contributed by atoms with van der Waals surface area (Å²) in [4.78, 5) is 4.29. The molecule has 154 valence electrons. The van der Waals surface area contributed by atoms with Crippen LogP contribution in [0.2, 0.25) is 10.0 Å². The summed E-state index contributed by atoms with van der Waals surface area (Å²) in [7, 11) is -2.97. The highest BCUT2D eigenvalue weighted by Gasteiger charge is 2.28. The number of ether oxygens (including phenoxy) is 1. The molecule has 1 heterocycles. The van der Waals surface area contributed by atoms with Gasteiger partial charge >= 0.3 is 0 Å². The standard InChI is InChI=1S/C16H23Cl2N3O4S.HI/c1-2-19-16(21-11-6-7-26(23,24)10-11)20-8-12(22)9-25-14-5-3-4-13(17)15(14)18;/h3-5,11-12,22H,2,6-10H2,1H3,(H2,19,20,21);1H. The van der Waals surface area contributed by atoms with Crippen LogP contribution in [0.4, 0.5) is 0 Å². The molecule has 1 fully saturated rings. The number of hydrogen-bond donors (Lipinski definition) is 3. The molecule has 27 heavy (non-hydrogen) atoms. The maximum absolute atomic E-state index is 11.5. The van der Waals surface area contributed by atoms with Crippen molar-refractivity contribution in [3.63, 3.8) is 0 Å². The second kappa shape index (κ2) is 11.5. The molecule has 0 bridgehead atoms. The molecule has 1 aliphatic heterocycles. The summed E-state index contributed by atoms with van der Waals surface area (Å²) >= 11 is 11.9. The Morgan fingerprint density at radius 1 is 1.44 bits per heavy atom. The molecule has 1 aromatic carbocycles. The molecule has 3 N–H and O–H groups in total. The van der Waals surface area contributed by atoms with Crippen molar-refractivity contribution in [3.8, 4) is 5.75 Å². The first-order valence-corrected chi connectivity index (χ1v) is 10.9. The van der Waals surface area contributed by atoms with E-state index in [9.17, 15) is 13.5 Å². The minimum absolute atomic E-state index is 0. The van der Waals surface area contributed by atoms with Crippen LogP contribution in [0.15, 0.2) is 23.2 Å². The molecule has 7 nitrogen and oxygen atoms in total. The Balaban J connectivity index is 0.00000364. The summed E-state index contributed by atoms with van der Waals surface area (Å²) in [5.41, 5.74) is 0. The van der Waals surface area contributed by atoms with Crippen LogP contribution in [0.25, 0.3) is 0 Å². The predicted molar refractivity (Wildman–Crippen MR) is 120 cm³/mol. The van der Waals surface area contributed by atoms with E-state index in [1.54, 1.807) is 18.2 Å². The van der Waals surface area contributed by atoms with Crippen LogP contribution in [0.3, 0.4) is 0 Å². The topological polar surface area (TPSA) is 100 Å². The van der Waals surface area contributed by atoms with Crippen molar-refractivity contribution in [2.45, 2.75) is 25.5 Å². The van der Waals surface area contributed by atoms with Crippen LogP contribution in [0, 0.1) is 0 Å². The number of benzene rings is 1. The lowest BCUT2D eigenvalue weighted by Gasteiger charge is -2.17. The van der Waals surface area contributed by atoms with Gasteiger partial charge in [0.1, 0.15) is 23.5 Å². The number of aliphatic hydroxyl groups excluding tert-OH is 1. The van der Waals surface area contributed by atoms with Gasteiger partial charge in [-0.25, -0.2) is 8.42 Å². The highest BCUT2D eigenvalue weighted by Crippen LogP contribution is 2.31. The van der Waals surface area contributed by atoms with Crippen molar-refractivity contribution in [1.82, 2.24) is 10.6 Å². The van der Waals surface area contributed by atoms with Gasteiger partial charge in [0.05, 0.1) is 23.1 Å². The Hall–Kier alpha value is -0.490. The average molecular weight is 552 g/mol. The lowest BCUT2D eigenvalue weighted by Crippen LogP contribution is -2.44. The number of aliphatic imine (C=N–C) groups is 1. The van der Waals surface area contributed by atoms with Gasteiger partial charge in [0.2, 0.25) is 0 Å². The second-order valence-electron chi connectivity index (χ2n) is 5.98. The molecule has 1 aliphatic rings. The van der Waals surface area contributed by atoms with Crippen LogP contribution in [0.5, 0.6) is 5.75 Å².